The number of carbonyl (C=O) groups excluding carboxylic acids is 2. The average Bonchev–Trinajstić information content (AvgIpc) is 3.07. The smallest absolute Gasteiger partial charge is 0.324 e. The fourth-order valence-electron chi connectivity index (χ4n) is 3.88. The molecule has 8 nitrogen and oxygen atoms in total. The number of hydrogen-bond donors (Lipinski definition) is 2. The van der Waals surface area contributed by atoms with Gasteiger partial charge in [0.25, 0.3) is 0 Å². The lowest BCUT2D eigenvalue weighted by Gasteiger charge is -2.35. The summed E-state index contributed by atoms with van der Waals surface area (Å²) in [5, 5.41) is 7.16. The van der Waals surface area contributed by atoms with E-state index in [2.05, 4.69) is 20.6 Å². The van der Waals surface area contributed by atoms with Crippen LogP contribution >= 0.6 is 34.8 Å². The van der Waals surface area contributed by atoms with Crippen LogP contribution in [0.1, 0.15) is 31.4 Å². The van der Waals surface area contributed by atoms with E-state index in [9.17, 15) is 9.59 Å². The van der Waals surface area contributed by atoms with Crippen molar-refractivity contribution in [3.05, 3.63) is 45.0 Å². The maximum Gasteiger partial charge on any atom is 0.324 e. The standard InChI is InChI=1S/C20H21Cl3N6O2/c1-11(14-3-2-12(21)8-15(14)22)25-18-16(23)9-24-19(27-18)28-6-4-13(5-7-28)29-10-17(30)26-20(29)31/h2-3,8-9,11,13H,4-7,10H2,1H3,(H,24,25,27)(H,26,30,31)/t11-/m1/s1. The van der Waals surface area contributed by atoms with Crippen LogP contribution in [-0.4, -0.2) is 52.5 Å². The fourth-order valence-corrected chi connectivity index (χ4v) is 4.59. The van der Waals surface area contributed by atoms with E-state index >= 15 is 0 Å². The molecule has 2 fully saturated rings. The summed E-state index contributed by atoms with van der Waals surface area (Å²) in [6.07, 6.45) is 3.03. The van der Waals surface area contributed by atoms with Crippen LogP contribution in [0.5, 0.6) is 0 Å². The van der Waals surface area contributed by atoms with Crippen LogP contribution in [0.25, 0.3) is 0 Å². The van der Waals surface area contributed by atoms with Crippen molar-refractivity contribution in [2.45, 2.75) is 31.8 Å². The number of imide groups is 1. The van der Waals surface area contributed by atoms with E-state index in [-0.39, 0.29) is 30.6 Å². The zero-order valence-corrected chi connectivity index (χ0v) is 19.0. The van der Waals surface area contributed by atoms with Crippen molar-refractivity contribution in [1.82, 2.24) is 20.2 Å². The second kappa shape index (κ2) is 9.06. The van der Waals surface area contributed by atoms with E-state index in [1.54, 1.807) is 23.2 Å². The number of nitrogens with zero attached hydrogens (tertiary/aromatic N) is 4. The van der Waals surface area contributed by atoms with Gasteiger partial charge in [0.1, 0.15) is 11.6 Å². The van der Waals surface area contributed by atoms with E-state index < -0.39 is 0 Å². The van der Waals surface area contributed by atoms with Crippen molar-refractivity contribution < 1.29 is 9.59 Å². The van der Waals surface area contributed by atoms with Crippen molar-refractivity contribution in [3.8, 4) is 0 Å². The van der Waals surface area contributed by atoms with Gasteiger partial charge >= 0.3 is 6.03 Å². The maximum absolute atomic E-state index is 11.9. The van der Waals surface area contributed by atoms with Gasteiger partial charge in [0.05, 0.1) is 12.2 Å². The Labute approximate surface area is 194 Å². The molecular formula is C20H21Cl3N6O2. The predicted molar refractivity (Wildman–Crippen MR) is 121 cm³/mol. The number of halogens is 3. The molecule has 1 aromatic heterocycles. The summed E-state index contributed by atoms with van der Waals surface area (Å²) in [7, 11) is 0. The first kappa shape index (κ1) is 21.9. The molecule has 3 heterocycles. The molecule has 164 valence electrons. The monoisotopic (exact) mass is 482 g/mol. The molecule has 0 spiro atoms. The quantitative estimate of drug-likeness (QED) is 0.622. The number of aromatic nitrogens is 2. The number of anilines is 2. The molecule has 2 N–H and O–H groups in total. The first-order valence-electron chi connectivity index (χ1n) is 9.91. The third kappa shape index (κ3) is 4.81. The minimum absolute atomic E-state index is 0.0275. The number of benzene rings is 1. The van der Waals surface area contributed by atoms with E-state index in [1.807, 2.05) is 17.9 Å². The summed E-state index contributed by atoms with van der Waals surface area (Å²) in [5.74, 6) is 0.817. The molecule has 1 atom stereocenters. The van der Waals surface area contributed by atoms with Gasteiger partial charge in [-0.05, 0) is 37.5 Å². The van der Waals surface area contributed by atoms with Gasteiger partial charge in [0, 0.05) is 29.2 Å². The SMILES string of the molecule is C[C@@H](Nc1nc(N2CCC(N3CC(=O)NC3=O)CC2)ncc1Cl)c1ccc(Cl)cc1Cl. The molecule has 0 unspecified atom stereocenters. The fraction of sp³-hybridized carbons (Fsp3) is 0.400. The summed E-state index contributed by atoms with van der Waals surface area (Å²) >= 11 is 18.6. The highest BCUT2D eigenvalue weighted by Crippen LogP contribution is 2.31. The van der Waals surface area contributed by atoms with Crippen LogP contribution in [0, 0.1) is 0 Å². The van der Waals surface area contributed by atoms with Crippen LogP contribution in [0.15, 0.2) is 24.4 Å². The summed E-state index contributed by atoms with van der Waals surface area (Å²) in [5.41, 5.74) is 0.876. The maximum atomic E-state index is 11.9. The number of piperidine rings is 1. The zero-order valence-electron chi connectivity index (χ0n) is 16.7. The van der Waals surface area contributed by atoms with Gasteiger partial charge in [-0.1, -0.05) is 40.9 Å². The second-order valence-electron chi connectivity index (χ2n) is 7.60. The van der Waals surface area contributed by atoms with Crippen LogP contribution < -0.4 is 15.5 Å². The van der Waals surface area contributed by atoms with Gasteiger partial charge < -0.3 is 15.1 Å². The van der Waals surface area contributed by atoms with Crippen molar-refractivity contribution in [1.29, 1.82) is 0 Å². The Hall–Kier alpha value is -2.29. The Morgan fingerprint density at radius 2 is 1.90 bits per heavy atom. The molecule has 31 heavy (non-hydrogen) atoms. The molecule has 0 bridgehead atoms. The van der Waals surface area contributed by atoms with E-state index in [1.165, 1.54) is 0 Å². The highest BCUT2D eigenvalue weighted by atomic mass is 35.5. The summed E-state index contributed by atoms with van der Waals surface area (Å²) in [6, 6.07) is 4.91. The van der Waals surface area contributed by atoms with Gasteiger partial charge in [0.15, 0.2) is 5.82 Å². The first-order valence-corrected chi connectivity index (χ1v) is 11.0. The Morgan fingerprint density at radius 1 is 1.16 bits per heavy atom. The summed E-state index contributed by atoms with van der Waals surface area (Å²) < 4.78 is 0. The minimum atomic E-state index is -0.312. The van der Waals surface area contributed by atoms with Crippen LogP contribution in [-0.2, 0) is 4.79 Å². The third-order valence-corrected chi connectivity index (χ3v) is 6.36. The lowest BCUT2D eigenvalue weighted by atomic mass is 10.0. The predicted octanol–water partition coefficient (Wildman–Crippen LogP) is 4.13. The molecule has 4 rings (SSSR count). The Balaban J connectivity index is 1.43. The number of carbonyl (C=O) groups is 2. The van der Waals surface area contributed by atoms with Gasteiger partial charge in [0.2, 0.25) is 11.9 Å². The van der Waals surface area contributed by atoms with Crippen LogP contribution in [0.2, 0.25) is 15.1 Å². The molecule has 2 saturated heterocycles. The highest BCUT2D eigenvalue weighted by Gasteiger charge is 2.35. The lowest BCUT2D eigenvalue weighted by molar-refractivity contribution is -0.118. The van der Waals surface area contributed by atoms with Crippen LogP contribution in [0.4, 0.5) is 16.6 Å². The molecule has 0 saturated carbocycles. The van der Waals surface area contributed by atoms with E-state index in [0.29, 0.717) is 39.9 Å². The number of hydrogen-bond acceptors (Lipinski definition) is 6. The normalized spacial score (nSPS) is 18.3. The third-order valence-electron chi connectivity index (χ3n) is 5.52. The van der Waals surface area contributed by atoms with Gasteiger partial charge in [-0.25, -0.2) is 9.78 Å². The van der Waals surface area contributed by atoms with Crippen LogP contribution in [0.3, 0.4) is 0 Å². The largest absolute Gasteiger partial charge is 0.362 e. The molecule has 3 amide bonds. The van der Waals surface area contributed by atoms with E-state index in [4.69, 9.17) is 34.8 Å². The molecule has 11 heteroatoms. The van der Waals surface area contributed by atoms with E-state index in [0.717, 1.165) is 18.4 Å². The lowest BCUT2D eigenvalue weighted by Crippen LogP contribution is -2.46. The Bertz CT molecular complexity index is 1010. The first-order chi connectivity index (χ1) is 14.8. The summed E-state index contributed by atoms with van der Waals surface area (Å²) in [4.78, 5) is 36.0. The minimum Gasteiger partial charge on any atom is -0.362 e. The molecular weight excluding hydrogens is 463 g/mol. The van der Waals surface area contributed by atoms with Crippen molar-refractivity contribution >= 4 is 58.5 Å². The summed E-state index contributed by atoms with van der Waals surface area (Å²) in [6.45, 7) is 3.42. The van der Waals surface area contributed by atoms with Gasteiger partial charge in [-0.2, -0.15) is 4.98 Å². The molecule has 2 aromatic rings. The number of urea groups is 1. The number of amides is 3. The van der Waals surface area contributed by atoms with Crippen molar-refractivity contribution in [2.24, 2.45) is 0 Å². The van der Waals surface area contributed by atoms with Crippen molar-refractivity contribution in [2.75, 3.05) is 29.9 Å². The van der Waals surface area contributed by atoms with Crippen molar-refractivity contribution in [3.63, 3.8) is 0 Å². The number of nitrogens with one attached hydrogen (secondary N) is 2. The molecule has 0 radical (unpaired) electrons. The van der Waals surface area contributed by atoms with Gasteiger partial charge in [-0.3, -0.25) is 10.1 Å². The topological polar surface area (TPSA) is 90.5 Å². The van der Waals surface area contributed by atoms with Gasteiger partial charge in [-0.15, -0.1) is 0 Å². The second-order valence-corrected chi connectivity index (χ2v) is 8.85. The zero-order chi connectivity index (χ0) is 22.1. The molecule has 0 aliphatic carbocycles. The highest BCUT2D eigenvalue weighted by molar-refractivity contribution is 6.35. The molecule has 2 aliphatic rings. The Morgan fingerprint density at radius 3 is 2.55 bits per heavy atom. The molecule has 1 aromatic carbocycles. The Kier molecular flexibility index (Phi) is 6.41. The average molecular weight is 484 g/mol. The molecule has 2 aliphatic heterocycles. The number of rotatable bonds is 5.